The zero-order chi connectivity index (χ0) is 19.2. The minimum absolute atomic E-state index is 0.0557. The molecule has 0 aromatic heterocycles. The Morgan fingerprint density at radius 2 is 1.96 bits per heavy atom. The monoisotopic (exact) mass is 371 g/mol. The number of nitrogens with zero attached hydrogens (tertiary/aromatic N) is 3. The molecule has 27 heavy (non-hydrogen) atoms. The number of fused-ring (bicyclic) bond motifs is 3. The second-order valence-corrected chi connectivity index (χ2v) is 8.97. The molecule has 3 heterocycles. The molecule has 2 unspecified atom stereocenters. The first kappa shape index (κ1) is 18.3. The predicted molar refractivity (Wildman–Crippen MR) is 102 cm³/mol. The highest BCUT2D eigenvalue weighted by atomic mass is 16.6. The van der Waals surface area contributed by atoms with Crippen LogP contribution in [-0.4, -0.2) is 58.2 Å². The van der Waals surface area contributed by atoms with E-state index in [2.05, 4.69) is 23.2 Å². The minimum atomic E-state index is -0.458. The van der Waals surface area contributed by atoms with E-state index >= 15 is 0 Å². The van der Waals surface area contributed by atoms with Gasteiger partial charge < -0.3 is 9.64 Å². The maximum atomic E-state index is 12.8. The largest absolute Gasteiger partial charge is 0.444 e. The van der Waals surface area contributed by atoms with Crippen molar-refractivity contribution in [2.24, 2.45) is 11.8 Å². The van der Waals surface area contributed by atoms with Crippen LogP contribution < -0.4 is 0 Å². The van der Waals surface area contributed by atoms with Gasteiger partial charge in [0, 0.05) is 25.8 Å². The Balaban J connectivity index is 1.30. The first-order valence-corrected chi connectivity index (χ1v) is 9.96. The van der Waals surface area contributed by atoms with Crippen LogP contribution in [0.5, 0.6) is 0 Å². The molecular formula is C21H29N3O3. The lowest BCUT2D eigenvalue weighted by atomic mass is 9.87. The molecule has 4 aliphatic rings. The third kappa shape index (κ3) is 3.68. The Bertz CT molecular complexity index is 711. The summed E-state index contributed by atoms with van der Waals surface area (Å²) in [7, 11) is 0. The molecule has 6 nitrogen and oxygen atoms in total. The van der Waals surface area contributed by atoms with E-state index in [1.807, 2.05) is 38.1 Å². The third-order valence-corrected chi connectivity index (χ3v) is 5.77. The molecule has 0 N–H and O–H groups in total. The fraction of sp³-hybridized carbons (Fsp3) is 0.619. The molecule has 0 aromatic carbocycles. The summed E-state index contributed by atoms with van der Waals surface area (Å²) in [6.45, 7) is 7.89. The van der Waals surface area contributed by atoms with E-state index in [1.54, 1.807) is 4.90 Å². The molecule has 146 valence electrons. The molecular weight excluding hydrogens is 342 g/mol. The SMILES string of the molecule is CC(C)(C)OC(=O)N1CCC(CC2CN3C4C=CC=CC4=CN3C2=O)CC1. The Morgan fingerprint density at radius 3 is 2.67 bits per heavy atom. The summed E-state index contributed by atoms with van der Waals surface area (Å²) in [6, 6.07) is 0.206. The number of piperidine rings is 1. The maximum Gasteiger partial charge on any atom is 0.410 e. The van der Waals surface area contributed by atoms with Gasteiger partial charge in [0.05, 0.1) is 12.0 Å². The summed E-state index contributed by atoms with van der Waals surface area (Å²) >= 11 is 0. The number of hydrogen-bond donors (Lipinski definition) is 0. The van der Waals surface area contributed by atoms with Crippen LogP contribution >= 0.6 is 0 Å². The quantitative estimate of drug-likeness (QED) is 0.749. The number of allylic oxidation sites excluding steroid dienone is 2. The van der Waals surface area contributed by atoms with Crippen LogP contribution in [0.1, 0.15) is 40.0 Å². The topological polar surface area (TPSA) is 53.1 Å². The van der Waals surface area contributed by atoms with E-state index in [1.165, 1.54) is 5.57 Å². The Labute approximate surface area is 161 Å². The van der Waals surface area contributed by atoms with Crippen molar-refractivity contribution in [3.05, 3.63) is 36.1 Å². The standard InChI is InChI=1S/C21H29N3O3/c1-21(2,3)27-20(26)22-10-8-15(9-11-22)12-17-14-23-18-7-5-4-6-16(18)13-24(23)19(17)25/h4-7,13,15,17-18H,8-12,14H2,1-3H3. The minimum Gasteiger partial charge on any atom is -0.444 e. The molecule has 6 heteroatoms. The van der Waals surface area contributed by atoms with Crippen LogP contribution in [-0.2, 0) is 9.53 Å². The Hall–Kier alpha value is -2.08. The average Bonchev–Trinajstić information content (AvgIpc) is 3.12. The van der Waals surface area contributed by atoms with Crippen LogP contribution in [0.3, 0.4) is 0 Å². The van der Waals surface area contributed by atoms with Crippen molar-refractivity contribution in [3.63, 3.8) is 0 Å². The van der Waals surface area contributed by atoms with Gasteiger partial charge in [-0.2, -0.15) is 0 Å². The summed E-state index contributed by atoms with van der Waals surface area (Å²) < 4.78 is 5.46. The maximum absolute atomic E-state index is 12.8. The number of rotatable bonds is 2. The van der Waals surface area contributed by atoms with Crippen molar-refractivity contribution in [1.29, 1.82) is 0 Å². The molecule has 2 saturated heterocycles. The lowest BCUT2D eigenvalue weighted by Crippen LogP contribution is -2.42. The highest BCUT2D eigenvalue weighted by molar-refractivity contribution is 5.82. The predicted octanol–water partition coefficient (Wildman–Crippen LogP) is 3.09. The zero-order valence-corrected chi connectivity index (χ0v) is 16.4. The highest BCUT2D eigenvalue weighted by Gasteiger charge is 2.45. The van der Waals surface area contributed by atoms with Crippen molar-refractivity contribution in [2.45, 2.75) is 51.7 Å². The molecule has 0 spiro atoms. The molecule has 2 amide bonds. The number of carbonyl (C=O) groups is 2. The van der Waals surface area contributed by atoms with Crippen LogP contribution in [0.25, 0.3) is 0 Å². The van der Waals surface area contributed by atoms with Crippen LogP contribution in [0, 0.1) is 11.8 Å². The van der Waals surface area contributed by atoms with Gasteiger partial charge >= 0.3 is 6.09 Å². The number of amides is 2. The second kappa shape index (κ2) is 6.82. The normalized spacial score (nSPS) is 28.4. The van der Waals surface area contributed by atoms with E-state index in [4.69, 9.17) is 4.74 Å². The summed E-state index contributed by atoms with van der Waals surface area (Å²) in [5.41, 5.74) is 0.731. The van der Waals surface area contributed by atoms with Gasteiger partial charge in [-0.25, -0.2) is 14.8 Å². The van der Waals surface area contributed by atoms with Gasteiger partial charge in [0.1, 0.15) is 5.60 Å². The molecule has 2 fully saturated rings. The van der Waals surface area contributed by atoms with E-state index < -0.39 is 5.60 Å². The van der Waals surface area contributed by atoms with E-state index in [0.29, 0.717) is 19.0 Å². The van der Waals surface area contributed by atoms with Crippen molar-refractivity contribution < 1.29 is 14.3 Å². The molecule has 0 saturated carbocycles. The van der Waals surface area contributed by atoms with Crippen molar-refractivity contribution in [2.75, 3.05) is 19.6 Å². The van der Waals surface area contributed by atoms with Crippen LogP contribution in [0.2, 0.25) is 0 Å². The number of carbonyl (C=O) groups excluding carboxylic acids is 2. The van der Waals surface area contributed by atoms with E-state index in [0.717, 1.165) is 25.8 Å². The summed E-state index contributed by atoms with van der Waals surface area (Å²) in [5.74, 6) is 0.762. The highest BCUT2D eigenvalue weighted by Crippen LogP contribution is 2.37. The summed E-state index contributed by atoms with van der Waals surface area (Å²) in [5, 5.41) is 4.00. The van der Waals surface area contributed by atoms with Crippen LogP contribution in [0.4, 0.5) is 4.79 Å². The van der Waals surface area contributed by atoms with Crippen molar-refractivity contribution in [1.82, 2.24) is 14.9 Å². The molecule has 4 rings (SSSR count). The lowest BCUT2D eigenvalue weighted by Gasteiger charge is -2.34. The molecule has 0 bridgehead atoms. The van der Waals surface area contributed by atoms with Gasteiger partial charge in [0.25, 0.3) is 0 Å². The summed E-state index contributed by atoms with van der Waals surface area (Å²) in [4.78, 5) is 26.8. The number of hydrazine groups is 1. The smallest absolute Gasteiger partial charge is 0.410 e. The second-order valence-electron chi connectivity index (χ2n) is 8.97. The van der Waals surface area contributed by atoms with E-state index in [9.17, 15) is 9.59 Å². The molecule has 0 radical (unpaired) electrons. The average molecular weight is 371 g/mol. The van der Waals surface area contributed by atoms with Crippen LogP contribution in [0.15, 0.2) is 36.1 Å². The number of hydrogen-bond acceptors (Lipinski definition) is 4. The first-order valence-electron chi connectivity index (χ1n) is 9.96. The molecule has 3 aliphatic heterocycles. The van der Waals surface area contributed by atoms with Crippen molar-refractivity contribution in [3.8, 4) is 0 Å². The molecule has 2 atom stereocenters. The summed E-state index contributed by atoms with van der Waals surface area (Å²) in [6.07, 6.45) is 12.9. The fourth-order valence-electron chi connectivity index (χ4n) is 4.42. The number of ether oxygens (including phenoxy) is 1. The van der Waals surface area contributed by atoms with Gasteiger partial charge in [0.15, 0.2) is 0 Å². The number of likely N-dealkylation sites (tertiary alicyclic amines) is 1. The lowest BCUT2D eigenvalue weighted by molar-refractivity contribution is -0.134. The third-order valence-electron chi connectivity index (χ3n) is 5.77. The zero-order valence-electron chi connectivity index (χ0n) is 16.4. The fourth-order valence-corrected chi connectivity index (χ4v) is 4.42. The molecule has 1 aliphatic carbocycles. The van der Waals surface area contributed by atoms with Gasteiger partial charge in [0.2, 0.25) is 5.91 Å². The van der Waals surface area contributed by atoms with Crippen molar-refractivity contribution >= 4 is 12.0 Å². The Kier molecular flexibility index (Phi) is 4.62. The van der Waals surface area contributed by atoms with Gasteiger partial charge in [-0.05, 0) is 51.5 Å². The van der Waals surface area contributed by atoms with E-state index in [-0.39, 0.29) is 24.0 Å². The Morgan fingerprint density at radius 1 is 1.22 bits per heavy atom. The first-order chi connectivity index (χ1) is 12.8. The van der Waals surface area contributed by atoms with Gasteiger partial charge in [-0.1, -0.05) is 24.3 Å². The molecule has 0 aromatic rings. The van der Waals surface area contributed by atoms with Gasteiger partial charge in [-0.15, -0.1) is 0 Å². The van der Waals surface area contributed by atoms with Gasteiger partial charge in [-0.3, -0.25) is 4.79 Å².